The second-order valence-electron chi connectivity index (χ2n) is 5.46. The molecule has 0 atom stereocenters. The molecule has 3 aromatic heterocycles. The summed E-state index contributed by atoms with van der Waals surface area (Å²) in [7, 11) is 2.02. The van der Waals surface area contributed by atoms with E-state index in [9.17, 15) is 0 Å². The summed E-state index contributed by atoms with van der Waals surface area (Å²) in [5.74, 6) is 0.923. The highest BCUT2D eigenvalue weighted by Crippen LogP contribution is 2.24. The van der Waals surface area contributed by atoms with Crippen LogP contribution in [0.15, 0.2) is 55.2 Å². The molecule has 22 heavy (non-hydrogen) atoms. The van der Waals surface area contributed by atoms with E-state index >= 15 is 0 Å². The van der Waals surface area contributed by atoms with E-state index in [2.05, 4.69) is 39.8 Å². The highest BCUT2D eigenvalue weighted by Gasteiger charge is 2.18. The zero-order chi connectivity index (χ0) is 15.1. The molecular formula is C18H15N4+. The number of aromatic nitrogens is 4. The van der Waals surface area contributed by atoms with E-state index in [0.29, 0.717) is 0 Å². The van der Waals surface area contributed by atoms with Crippen LogP contribution < -0.4 is 4.57 Å². The minimum atomic E-state index is 0.923. The van der Waals surface area contributed by atoms with E-state index in [1.54, 1.807) is 6.20 Å². The van der Waals surface area contributed by atoms with Crippen molar-refractivity contribution in [3.8, 4) is 11.4 Å². The topological polar surface area (TPSA) is 42.6 Å². The van der Waals surface area contributed by atoms with Gasteiger partial charge in [-0.05, 0) is 41.7 Å². The molecule has 0 aliphatic heterocycles. The van der Waals surface area contributed by atoms with Crippen LogP contribution in [0.5, 0.6) is 0 Å². The number of rotatable bonds is 1. The molecule has 0 amide bonds. The molecule has 3 heterocycles. The normalized spacial score (nSPS) is 11.2. The van der Waals surface area contributed by atoms with Crippen LogP contribution in [0.3, 0.4) is 0 Å². The predicted octanol–water partition coefficient (Wildman–Crippen LogP) is 2.98. The minimum absolute atomic E-state index is 0.923. The Balaban J connectivity index is 2.06. The van der Waals surface area contributed by atoms with Gasteiger partial charge in [-0.25, -0.2) is 4.57 Å². The summed E-state index contributed by atoms with van der Waals surface area (Å²) in [6.07, 6.45) is 9.51. The molecule has 4 rings (SSSR count). The first-order valence-electron chi connectivity index (χ1n) is 7.18. The lowest BCUT2D eigenvalue weighted by Gasteiger charge is -2.05. The summed E-state index contributed by atoms with van der Waals surface area (Å²) in [6.45, 7) is 2.08. The van der Waals surface area contributed by atoms with E-state index in [4.69, 9.17) is 4.98 Å². The fraction of sp³-hybridized carbons (Fsp3) is 0.111. The van der Waals surface area contributed by atoms with Gasteiger partial charge in [0.25, 0.3) is 0 Å². The molecule has 0 aliphatic carbocycles. The molecule has 0 unspecified atom stereocenters. The second kappa shape index (κ2) is 4.84. The Morgan fingerprint density at radius 3 is 2.59 bits per heavy atom. The van der Waals surface area contributed by atoms with Crippen LogP contribution in [0.2, 0.25) is 0 Å². The molecule has 0 bridgehead atoms. The van der Waals surface area contributed by atoms with Gasteiger partial charge in [0.05, 0.1) is 18.0 Å². The Morgan fingerprint density at radius 2 is 1.73 bits per heavy atom. The first-order valence-corrected chi connectivity index (χ1v) is 7.18. The van der Waals surface area contributed by atoms with Gasteiger partial charge >= 0.3 is 5.82 Å². The number of pyridine rings is 2. The minimum Gasteiger partial charge on any atom is -0.264 e. The van der Waals surface area contributed by atoms with Crippen molar-refractivity contribution in [2.45, 2.75) is 6.92 Å². The Hall–Kier alpha value is -2.88. The van der Waals surface area contributed by atoms with Crippen molar-refractivity contribution in [1.82, 2.24) is 15.0 Å². The van der Waals surface area contributed by atoms with Crippen LogP contribution >= 0.6 is 0 Å². The van der Waals surface area contributed by atoms with Gasteiger partial charge in [-0.2, -0.15) is 0 Å². The Kier molecular flexibility index (Phi) is 2.82. The Morgan fingerprint density at radius 1 is 0.909 bits per heavy atom. The molecule has 0 saturated carbocycles. The number of aryl methyl sites for hydroxylation is 2. The van der Waals surface area contributed by atoms with Gasteiger partial charge in [0.1, 0.15) is 6.20 Å². The van der Waals surface area contributed by atoms with Crippen molar-refractivity contribution in [1.29, 1.82) is 0 Å². The summed E-state index contributed by atoms with van der Waals surface area (Å²) in [4.78, 5) is 13.3. The lowest BCUT2D eigenvalue weighted by atomic mass is 10.1. The molecular weight excluding hydrogens is 272 g/mol. The lowest BCUT2D eigenvalue weighted by Crippen LogP contribution is -2.32. The summed E-state index contributed by atoms with van der Waals surface area (Å²) in [5.41, 5.74) is 3.21. The lowest BCUT2D eigenvalue weighted by molar-refractivity contribution is -0.661. The Bertz CT molecular complexity index is 1010. The molecule has 0 N–H and O–H groups in total. The SMILES string of the molecule is Cc1ccncc1-c1nc2ccc3cnccc3c2c[n+]1C. The fourth-order valence-corrected chi connectivity index (χ4v) is 2.81. The average Bonchev–Trinajstić information content (AvgIpc) is 2.55. The fourth-order valence-electron chi connectivity index (χ4n) is 2.81. The van der Waals surface area contributed by atoms with Crippen LogP contribution in [0.1, 0.15) is 5.56 Å². The first kappa shape index (κ1) is 12.8. The second-order valence-corrected chi connectivity index (χ2v) is 5.46. The van der Waals surface area contributed by atoms with Crippen LogP contribution in [-0.4, -0.2) is 15.0 Å². The average molecular weight is 287 g/mol. The summed E-state index contributed by atoms with van der Waals surface area (Å²) >= 11 is 0. The van der Waals surface area contributed by atoms with Crippen LogP contribution in [0.4, 0.5) is 0 Å². The monoisotopic (exact) mass is 287 g/mol. The summed E-state index contributed by atoms with van der Waals surface area (Å²) in [6, 6.07) is 8.16. The summed E-state index contributed by atoms with van der Waals surface area (Å²) in [5, 5.41) is 3.43. The van der Waals surface area contributed by atoms with Gasteiger partial charge in [-0.3, -0.25) is 9.97 Å². The molecule has 0 aliphatic rings. The number of hydrogen-bond acceptors (Lipinski definition) is 3. The van der Waals surface area contributed by atoms with Crippen molar-refractivity contribution in [2.75, 3.05) is 0 Å². The van der Waals surface area contributed by atoms with Gasteiger partial charge in [0.15, 0.2) is 5.52 Å². The zero-order valence-electron chi connectivity index (χ0n) is 12.5. The number of nitrogens with zero attached hydrogens (tertiary/aromatic N) is 4. The molecule has 4 nitrogen and oxygen atoms in total. The van der Waals surface area contributed by atoms with Gasteiger partial charge in [-0.15, -0.1) is 0 Å². The van der Waals surface area contributed by atoms with Crippen molar-refractivity contribution in [3.63, 3.8) is 0 Å². The molecule has 0 saturated heterocycles. The summed E-state index contributed by atoms with van der Waals surface area (Å²) < 4.78 is 2.06. The van der Waals surface area contributed by atoms with E-state index in [-0.39, 0.29) is 0 Å². The third-order valence-electron chi connectivity index (χ3n) is 4.00. The third kappa shape index (κ3) is 1.92. The molecule has 1 aromatic carbocycles. The van der Waals surface area contributed by atoms with E-state index < -0.39 is 0 Å². The molecule has 0 spiro atoms. The third-order valence-corrected chi connectivity index (χ3v) is 4.00. The quantitative estimate of drug-likeness (QED) is 0.399. The smallest absolute Gasteiger partial charge is 0.264 e. The van der Waals surface area contributed by atoms with E-state index in [1.165, 1.54) is 10.9 Å². The molecule has 106 valence electrons. The maximum absolute atomic E-state index is 4.86. The van der Waals surface area contributed by atoms with Gasteiger partial charge < -0.3 is 0 Å². The number of hydrogen-bond donors (Lipinski definition) is 0. The van der Waals surface area contributed by atoms with Crippen LogP contribution in [0.25, 0.3) is 33.1 Å². The van der Waals surface area contributed by atoms with Crippen molar-refractivity contribution >= 4 is 21.7 Å². The highest BCUT2D eigenvalue weighted by molar-refractivity contribution is 6.05. The molecule has 0 radical (unpaired) electrons. The van der Waals surface area contributed by atoms with E-state index in [1.807, 2.05) is 37.8 Å². The predicted molar refractivity (Wildman–Crippen MR) is 86.2 cm³/mol. The molecule has 4 aromatic rings. The first-order chi connectivity index (χ1) is 10.7. The maximum Gasteiger partial charge on any atom is 0.332 e. The van der Waals surface area contributed by atoms with Crippen molar-refractivity contribution in [2.24, 2.45) is 7.05 Å². The largest absolute Gasteiger partial charge is 0.332 e. The van der Waals surface area contributed by atoms with Gasteiger partial charge in [0, 0.05) is 35.6 Å². The highest BCUT2D eigenvalue weighted by atomic mass is 15.0. The van der Waals surface area contributed by atoms with Crippen molar-refractivity contribution in [3.05, 3.63) is 60.8 Å². The molecule has 4 heteroatoms. The Labute approximate surface area is 128 Å². The standard InChI is InChI=1S/C18H15N4/c1-12-5-7-20-10-15(12)18-21-17-4-3-13-9-19-8-6-14(13)16(17)11-22(18)2/h3-11H,1-2H3/q+1. The van der Waals surface area contributed by atoms with Crippen LogP contribution in [-0.2, 0) is 7.05 Å². The van der Waals surface area contributed by atoms with E-state index in [0.717, 1.165) is 27.7 Å². The van der Waals surface area contributed by atoms with Gasteiger partial charge in [0.2, 0.25) is 0 Å². The van der Waals surface area contributed by atoms with Gasteiger partial charge in [-0.1, -0.05) is 0 Å². The van der Waals surface area contributed by atoms with Crippen LogP contribution in [0, 0.1) is 6.92 Å². The number of fused-ring (bicyclic) bond motifs is 3. The number of benzene rings is 1. The molecule has 0 fully saturated rings. The zero-order valence-corrected chi connectivity index (χ0v) is 12.5. The maximum atomic E-state index is 4.86. The van der Waals surface area contributed by atoms with Crippen molar-refractivity contribution < 1.29 is 4.57 Å².